The van der Waals surface area contributed by atoms with Crippen LogP contribution in [-0.2, 0) is 4.79 Å². The van der Waals surface area contributed by atoms with Crippen molar-refractivity contribution in [1.29, 1.82) is 0 Å². The van der Waals surface area contributed by atoms with Gasteiger partial charge in [0.25, 0.3) is 0 Å². The molecule has 0 unspecified atom stereocenters. The molecule has 0 bridgehead atoms. The van der Waals surface area contributed by atoms with Gasteiger partial charge in [0.05, 0.1) is 0 Å². The molecule has 0 saturated heterocycles. The summed E-state index contributed by atoms with van der Waals surface area (Å²) in [5.74, 6) is -0.789. The van der Waals surface area contributed by atoms with E-state index >= 15 is 0 Å². The van der Waals surface area contributed by atoms with E-state index in [9.17, 15) is 4.79 Å². The van der Waals surface area contributed by atoms with Gasteiger partial charge in [0, 0.05) is 12.2 Å². The molecule has 0 aliphatic rings. The first kappa shape index (κ1) is 12.6. The molecule has 3 heteroatoms. The van der Waals surface area contributed by atoms with Crippen molar-refractivity contribution >= 4 is 11.7 Å². The van der Waals surface area contributed by atoms with Gasteiger partial charge in [-0.2, -0.15) is 0 Å². The Morgan fingerprint density at radius 1 is 1.44 bits per heavy atom. The molecule has 0 amide bonds. The summed E-state index contributed by atoms with van der Waals surface area (Å²) in [5, 5.41) is 9.06. The molecular formula is C13H19NO2. The number of nitrogens with zero attached hydrogens (tertiary/aromatic N) is 1. The van der Waals surface area contributed by atoms with Crippen molar-refractivity contribution in [1.82, 2.24) is 0 Å². The predicted molar refractivity (Wildman–Crippen MR) is 66.0 cm³/mol. The smallest absolute Gasteiger partial charge is 0.326 e. The largest absolute Gasteiger partial charge is 0.480 e. The van der Waals surface area contributed by atoms with Crippen molar-refractivity contribution in [2.75, 3.05) is 11.4 Å². The molecule has 1 N–H and O–H groups in total. The van der Waals surface area contributed by atoms with Gasteiger partial charge in [0.15, 0.2) is 0 Å². The van der Waals surface area contributed by atoms with Gasteiger partial charge in [-0.15, -0.1) is 0 Å². The maximum atomic E-state index is 11.0. The van der Waals surface area contributed by atoms with E-state index in [0.717, 1.165) is 11.3 Å². The minimum absolute atomic E-state index is 0.495. The fourth-order valence-electron chi connectivity index (χ4n) is 1.83. The van der Waals surface area contributed by atoms with E-state index < -0.39 is 12.0 Å². The number of rotatable bonds is 4. The van der Waals surface area contributed by atoms with Gasteiger partial charge >= 0.3 is 5.97 Å². The molecule has 1 atom stereocenters. The second kappa shape index (κ2) is 5.01. The summed E-state index contributed by atoms with van der Waals surface area (Å²) in [5.41, 5.74) is 3.35. The Morgan fingerprint density at radius 2 is 2.06 bits per heavy atom. The van der Waals surface area contributed by atoms with E-state index in [0.29, 0.717) is 6.54 Å². The van der Waals surface area contributed by atoms with Crippen LogP contribution in [-0.4, -0.2) is 23.7 Å². The summed E-state index contributed by atoms with van der Waals surface area (Å²) in [7, 11) is 0. The van der Waals surface area contributed by atoms with Crippen molar-refractivity contribution in [2.24, 2.45) is 0 Å². The second-order valence-electron chi connectivity index (χ2n) is 4.02. The molecule has 0 fully saturated rings. The third-order valence-corrected chi connectivity index (χ3v) is 3.05. The highest BCUT2D eigenvalue weighted by atomic mass is 16.4. The Hall–Kier alpha value is -1.51. The zero-order chi connectivity index (χ0) is 12.3. The molecule has 0 radical (unpaired) electrons. The van der Waals surface area contributed by atoms with E-state index in [-0.39, 0.29) is 0 Å². The highest BCUT2D eigenvalue weighted by Crippen LogP contribution is 2.24. The molecule has 0 aromatic heterocycles. The summed E-state index contributed by atoms with van der Waals surface area (Å²) in [4.78, 5) is 12.9. The van der Waals surface area contributed by atoms with Crippen molar-refractivity contribution in [2.45, 2.75) is 33.7 Å². The van der Waals surface area contributed by atoms with Gasteiger partial charge in [-0.1, -0.05) is 12.1 Å². The number of hydrogen-bond donors (Lipinski definition) is 1. The Kier molecular flexibility index (Phi) is 3.93. The molecule has 0 heterocycles. The quantitative estimate of drug-likeness (QED) is 0.849. The fourth-order valence-corrected chi connectivity index (χ4v) is 1.83. The molecule has 16 heavy (non-hydrogen) atoms. The number of anilines is 1. The third-order valence-electron chi connectivity index (χ3n) is 3.05. The lowest BCUT2D eigenvalue weighted by atomic mass is 10.1. The number of aryl methyl sites for hydroxylation is 1. The standard InChI is InChI=1S/C13H19NO2/c1-5-14(11(4)13(15)16)12-8-6-7-9(2)10(12)3/h6-8,11H,5H2,1-4H3,(H,15,16)/t11-/m1/s1. The number of benzene rings is 1. The van der Waals surface area contributed by atoms with Crippen LogP contribution in [0, 0.1) is 13.8 Å². The number of carboxylic acid groups (broad SMARTS) is 1. The average Bonchev–Trinajstić information content (AvgIpc) is 2.24. The minimum atomic E-state index is -0.789. The van der Waals surface area contributed by atoms with Crippen LogP contribution in [0.4, 0.5) is 5.69 Å². The summed E-state index contributed by atoms with van der Waals surface area (Å²) in [6.45, 7) is 8.45. The van der Waals surface area contributed by atoms with E-state index in [1.807, 2.05) is 43.9 Å². The maximum absolute atomic E-state index is 11.0. The molecule has 3 nitrogen and oxygen atoms in total. The van der Waals surface area contributed by atoms with Crippen LogP contribution in [0.3, 0.4) is 0 Å². The summed E-state index contributed by atoms with van der Waals surface area (Å²) in [6, 6.07) is 5.49. The minimum Gasteiger partial charge on any atom is -0.480 e. The lowest BCUT2D eigenvalue weighted by Gasteiger charge is -2.29. The summed E-state index contributed by atoms with van der Waals surface area (Å²) < 4.78 is 0. The topological polar surface area (TPSA) is 40.5 Å². The average molecular weight is 221 g/mol. The maximum Gasteiger partial charge on any atom is 0.326 e. The van der Waals surface area contributed by atoms with Gasteiger partial charge in [-0.3, -0.25) is 0 Å². The van der Waals surface area contributed by atoms with Gasteiger partial charge in [0.1, 0.15) is 6.04 Å². The highest BCUT2D eigenvalue weighted by molar-refractivity contribution is 5.78. The van der Waals surface area contributed by atoms with Crippen LogP contribution in [0.15, 0.2) is 18.2 Å². The van der Waals surface area contributed by atoms with Crippen LogP contribution in [0.25, 0.3) is 0 Å². The van der Waals surface area contributed by atoms with Gasteiger partial charge < -0.3 is 10.0 Å². The SMILES string of the molecule is CCN(c1cccc(C)c1C)[C@H](C)C(=O)O. The number of carbonyl (C=O) groups is 1. The molecular weight excluding hydrogens is 202 g/mol. The molecule has 1 aromatic rings. The van der Waals surface area contributed by atoms with Crippen LogP contribution >= 0.6 is 0 Å². The van der Waals surface area contributed by atoms with Gasteiger partial charge in [0.2, 0.25) is 0 Å². The Morgan fingerprint density at radius 3 is 2.56 bits per heavy atom. The highest BCUT2D eigenvalue weighted by Gasteiger charge is 2.20. The predicted octanol–water partition coefficient (Wildman–Crippen LogP) is 2.60. The lowest BCUT2D eigenvalue weighted by molar-refractivity contribution is -0.138. The Bertz CT molecular complexity index is 388. The molecule has 0 aliphatic heterocycles. The van der Waals surface area contributed by atoms with E-state index in [1.54, 1.807) is 6.92 Å². The normalized spacial score (nSPS) is 12.2. The number of hydrogen-bond acceptors (Lipinski definition) is 2. The van der Waals surface area contributed by atoms with Crippen LogP contribution in [0.5, 0.6) is 0 Å². The molecule has 0 spiro atoms. The van der Waals surface area contributed by atoms with Crippen LogP contribution in [0.1, 0.15) is 25.0 Å². The Labute approximate surface area is 96.7 Å². The molecule has 0 aliphatic carbocycles. The van der Waals surface area contributed by atoms with Gasteiger partial charge in [-0.25, -0.2) is 4.79 Å². The molecule has 1 rings (SSSR count). The van der Waals surface area contributed by atoms with Crippen molar-refractivity contribution in [3.63, 3.8) is 0 Å². The van der Waals surface area contributed by atoms with Crippen molar-refractivity contribution in [3.05, 3.63) is 29.3 Å². The van der Waals surface area contributed by atoms with Crippen molar-refractivity contribution in [3.8, 4) is 0 Å². The molecule has 1 aromatic carbocycles. The fraction of sp³-hybridized carbons (Fsp3) is 0.462. The first-order chi connectivity index (χ1) is 7.49. The van der Waals surface area contributed by atoms with Crippen LogP contribution < -0.4 is 4.90 Å². The van der Waals surface area contributed by atoms with Gasteiger partial charge in [-0.05, 0) is 44.9 Å². The monoisotopic (exact) mass is 221 g/mol. The number of aliphatic carboxylic acids is 1. The van der Waals surface area contributed by atoms with Crippen LogP contribution in [0.2, 0.25) is 0 Å². The zero-order valence-corrected chi connectivity index (χ0v) is 10.3. The first-order valence-corrected chi connectivity index (χ1v) is 5.54. The third kappa shape index (κ3) is 2.35. The first-order valence-electron chi connectivity index (χ1n) is 5.54. The summed E-state index contributed by atoms with van der Waals surface area (Å²) in [6.07, 6.45) is 0. The summed E-state index contributed by atoms with van der Waals surface area (Å²) >= 11 is 0. The lowest BCUT2D eigenvalue weighted by Crippen LogP contribution is -2.39. The van der Waals surface area contributed by atoms with E-state index in [1.165, 1.54) is 5.56 Å². The number of carboxylic acids is 1. The number of likely N-dealkylation sites (N-methyl/N-ethyl adjacent to an activating group) is 1. The zero-order valence-electron chi connectivity index (χ0n) is 10.3. The Balaban J connectivity index is 3.13. The molecule has 88 valence electrons. The van der Waals surface area contributed by atoms with Crippen molar-refractivity contribution < 1.29 is 9.90 Å². The van der Waals surface area contributed by atoms with E-state index in [4.69, 9.17) is 5.11 Å². The second-order valence-corrected chi connectivity index (χ2v) is 4.02. The molecule has 0 saturated carbocycles. The van der Waals surface area contributed by atoms with E-state index in [2.05, 4.69) is 0 Å².